The summed E-state index contributed by atoms with van der Waals surface area (Å²) in [5.74, 6) is 1.21. The number of hydrogen-bond acceptors (Lipinski definition) is 5. The molecule has 0 spiro atoms. The van der Waals surface area contributed by atoms with Crippen LogP contribution in [0.15, 0.2) is 18.5 Å². The number of pyridine rings is 2. The number of amides is 1. The van der Waals surface area contributed by atoms with Gasteiger partial charge in [-0.05, 0) is 36.8 Å². The van der Waals surface area contributed by atoms with Crippen molar-refractivity contribution in [3.05, 3.63) is 29.2 Å². The number of halogens is 1. The lowest BCUT2D eigenvalue weighted by molar-refractivity contribution is -0.148. The molecule has 6 nitrogen and oxygen atoms in total. The second-order valence-electron chi connectivity index (χ2n) is 7.59. The molecule has 0 N–H and O–H groups in total. The van der Waals surface area contributed by atoms with Crippen LogP contribution in [0, 0.1) is 5.92 Å². The predicted octanol–water partition coefficient (Wildman–Crippen LogP) is 3.42. The Morgan fingerprint density at radius 1 is 1.33 bits per heavy atom. The fourth-order valence-corrected chi connectivity index (χ4v) is 3.80. The highest BCUT2D eigenvalue weighted by molar-refractivity contribution is 6.30. The Morgan fingerprint density at radius 3 is 2.78 bits per heavy atom. The van der Waals surface area contributed by atoms with Gasteiger partial charge < -0.3 is 14.4 Å². The number of likely N-dealkylation sites (tertiary alicyclic amines) is 1. The average molecular weight is 390 g/mol. The molecular formula is C20H24ClN3O3. The van der Waals surface area contributed by atoms with Gasteiger partial charge in [0.2, 0.25) is 11.8 Å². The molecule has 7 heteroatoms. The van der Waals surface area contributed by atoms with E-state index in [9.17, 15) is 4.79 Å². The lowest BCUT2D eigenvalue weighted by Gasteiger charge is -2.45. The largest absolute Gasteiger partial charge is 0.470 e. The van der Waals surface area contributed by atoms with Crippen LogP contribution in [-0.4, -0.2) is 53.2 Å². The maximum Gasteiger partial charge on any atom is 0.226 e. The van der Waals surface area contributed by atoms with Crippen molar-refractivity contribution in [1.82, 2.24) is 14.9 Å². The molecule has 144 valence electrons. The van der Waals surface area contributed by atoms with Gasteiger partial charge in [-0.25, -0.2) is 9.97 Å². The second-order valence-corrected chi connectivity index (χ2v) is 7.98. The first-order chi connectivity index (χ1) is 13.0. The summed E-state index contributed by atoms with van der Waals surface area (Å²) in [4.78, 5) is 22.9. The number of rotatable bonds is 6. The Morgan fingerprint density at radius 2 is 2.11 bits per heavy atom. The van der Waals surface area contributed by atoms with Gasteiger partial charge in [0.1, 0.15) is 11.3 Å². The molecule has 2 aromatic rings. The van der Waals surface area contributed by atoms with E-state index in [-0.39, 0.29) is 29.9 Å². The van der Waals surface area contributed by atoms with Crippen molar-refractivity contribution in [1.29, 1.82) is 0 Å². The molecule has 1 amide bonds. The van der Waals surface area contributed by atoms with Crippen LogP contribution in [0.2, 0.25) is 5.15 Å². The normalized spacial score (nSPS) is 23.2. The third-order valence-electron chi connectivity index (χ3n) is 5.56. The topological polar surface area (TPSA) is 64.6 Å². The minimum atomic E-state index is -0.0543. The summed E-state index contributed by atoms with van der Waals surface area (Å²) >= 11 is 6.13. The molecule has 2 fully saturated rings. The Balaban J connectivity index is 1.57. The Kier molecular flexibility index (Phi) is 4.95. The Labute approximate surface area is 163 Å². The summed E-state index contributed by atoms with van der Waals surface area (Å²) in [7, 11) is 1.69. The number of fused-ring (bicyclic) bond motifs is 1. The highest BCUT2D eigenvalue weighted by Crippen LogP contribution is 2.37. The van der Waals surface area contributed by atoms with Crippen molar-refractivity contribution < 1.29 is 14.3 Å². The smallest absolute Gasteiger partial charge is 0.226 e. The number of carbonyl (C=O) groups is 1. The van der Waals surface area contributed by atoms with E-state index < -0.39 is 0 Å². The molecule has 2 aliphatic rings. The first kappa shape index (κ1) is 18.4. The van der Waals surface area contributed by atoms with Crippen LogP contribution < -0.4 is 4.74 Å². The molecule has 1 aliphatic carbocycles. The van der Waals surface area contributed by atoms with E-state index in [0.29, 0.717) is 24.2 Å². The summed E-state index contributed by atoms with van der Waals surface area (Å²) in [6.45, 7) is 5.32. The average Bonchev–Trinajstić information content (AvgIpc) is 3.49. The summed E-state index contributed by atoms with van der Waals surface area (Å²) in [6, 6.07) is 1.90. The van der Waals surface area contributed by atoms with E-state index in [0.717, 1.165) is 29.2 Å². The van der Waals surface area contributed by atoms with Gasteiger partial charge in [0.15, 0.2) is 0 Å². The molecule has 2 aromatic heterocycles. The molecule has 0 aromatic carbocycles. The number of ether oxygens (including phenoxy) is 2. The molecule has 27 heavy (non-hydrogen) atoms. The summed E-state index contributed by atoms with van der Waals surface area (Å²) in [6.07, 6.45) is 5.52. The highest BCUT2D eigenvalue weighted by Gasteiger charge is 2.45. The van der Waals surface area contributed by atoms with Crippen LogP contribution in [0.4, 0.5) is 0 Å². The quantitative estimate of drug-likeness (QED) is 0.708. The van der Waals surface area contributed by atoms with Crippen LogP contribution >= 0.6 is 11.6 Å². The summed E-state index contributed by atoms with van der Waals surface area (Å²) in [5.41, 5.74) is 1.05. The zero-order valence-electron chi connectivity index (χ0n) is 15.8. The predicted molar refractivity (Wildman–Crippen MR) is 103 cm³/mol. The first-order valence-electron chi connectivity index (χ1n) is 9.39. The van der Waals surface area contributed by atoms with E-state index in [1.165, 1.54) is 0 Å². The minimum Gasteiger partial charge on any atom is -0.470 e. The lowest BCUT2D eigenvalue weighted by Crippen LogP contribution is -2.63. The Bertz CT molecular complexity index is 871. The number of nitrogens with zero attached hydrogens (tertiary/aromatic N) is 3. The van der Waals surface area contributed by atoms with Gasteiger partial charge >= 0.3 is 0 Å². The van der Waals surface area contributed by atoms with Crippen LogP contribution in [-0.2, 0) is 9.53 Å². The third kappa shape index (κ3) is 3.48. The molecule has 0 unspecified atom stereocenters. The molecule has 0 bridgehead atoms. The van der Waals surface area contributed by atoms with Gasteiger partial charge in [-0.3, -0.25) is 4.79 Å². The van der Waals surface area contributed by atoms with E-state index >= 15 is 0 Å². The van der Waals surface area contributed by atoms with Gasteiger partial charge in [-0.2, -0.15) is 0 Å². The van der Waals surface area contributed by atoms with Gasteiger partial charge in [-0.1, -0.05) is 18.5 Å². The van der Waals surface area contributed by atoms with Gasteiger partial charge in [0.25, 0.3) is 0 Å². The standard InChI is InChI=1S/C20H24ClN3O3/c1-11(10-26-3)15-7-23-19(16-8-22-18(21)6-14(15)16)27-17-9-24(12(17)2)20(25)13-4-5-13/h6-8,11-13,17H,4-5,9-10H2,1-3H3/t11-,12+,17-/m0/s1. The fourth-order valence-electron chi connectivity index (χ4n) is 3.64. The first-order valence-corrected chi connectivity index (χ1v) is 9.77. The van der Waals surface area contributed by atoms with Crippen LogP contribution in [0.1, 0.15) is 38.2 Å². The van der Waals surface area contributed by atoms with Crippen molar-refractivity contribution in [3.63, 3.8) is 0 Å². The van der Waals surface area contributed by atoms with Crippen LogP contribution in [0.25, 0.3) is 10.8 Å². The minimum absolute atomic E-state index is 0.0543. The van der Waals surface area contributed by atoms with E-state index in [4.69, 9.17) is 21.1 Å². The maximum atomic E-state index is 12.2. The van der Waals surface area contributed by atoms with Gasteiger partial charge in [0, 0.05) is 31.3 Å². The van der Waals surface area contributed by atoms with Crippen LogP contribution in [0.5, 0.6) is 5.88 Å². The molecular weight excluding hydrogens is 366 g/mol. The molecule has 3 atom stereocenters. The zero-order valence-corrected chi connectivity index (χ0v) is 16.6. The van der Waals surface area contributed by atoms with Crippen molar-refractivity contribution in [3.8, 4) is 5.88 Å². The fraction of sp³-hybridized carbons (Fsp3) is 0.550. The number of carbonyl (C=O) groups excluding carboxylic acids is 1. The van der Waals surface area contributed by atoms with Crippen molar-refractivity contribution in [2.45, 2.75) is 44.8 Å². The van der Waals surface area contributed by atoms with E-state index in [2.05, 4.69) is 16.9 Å². The molecule has 1 aliphatic heterocycles. The summed E-state index contributed by atoms with van der Waals surface area (Å²) < 4.78 is 11.5. The highest BCUT2D eigenvalue weighted by atomic mass is 35.5. The molecule has 1 saturated heterocycles. The number of aromatic nitrogens is 2. The maximum absolute atomic E-state index is 12.2. The lowest BCUT2D eigenvalue weighted by atomic mass is 9.98. The van der Waals surface area contributed by atoms with Gasteiger partial charge in [0.05, 0.1) is 24.6 Å². The van der Waals surface area contributed by atoms with Gasteiger partial charge in [-0.15, -0.1) is 0 Å². The Hall–Kier alpha value is -1.92. The summed E-state index contributed by atoms with van der Waals surface area (Å²) in [5, 5.41) is 2.24. The van der Waals surface area contributed by atoms with Crippen molar-refractivity contribution in [2.24, 2.45) is 5.92 Å². The SMILES string of the molecule is COC[C@H](C)c1cnc(O[C@H]2CN(C(=O)C3CC3)[C@@H]2C)c2cnc(Cl)cc12. The van der Waals surface area contributed by atoms with E-state index in [1.54, 1.807) is 13.3 Å². The van der Waals surface area contributed by atoms with Crippen LogP contribution in [0.3, 0.4) is 0 Å². The van der Waals surface area contributed by atoms with Crippen molar-refractivity contribution in [2.75, 3.05) is 20.3 Å². The second kappa shape index (κ2) is 7.24. The monoisotopic (exact) mass is 389 g/mol. The zero-order chi connectivity index (χ0) is 19.1. The molecule has 0 radical (unpaired) electrons. The molecule has 3 heterocycles. The van der Waals surface area contributed by atoms with Crippen molar-refractivity contribution >= 4 is 28.3 Å². The van der Waals surface area contributed by atoms with E-state index in [1.807, 2.05) is 24.1 Å². The third-order valence-corrected chi connectivity index (χ3v) is 5.77. The molecule has 4 rings (SSSR count). The molecule has 1 saturated carbocycles. The number of methoxy groups -OCH3 is 1. The number of hydrogen-bond donors (Lipinski definition) is 0.